The molecule has 0 radical (unpaired) electrons. The molecule has 4 N–H and O–H groups in total. The van der Waals surface area contributed by atoms with E-state index in [-0.39, 0.29) is 5.82 Å². The lowest BCUT2D eigenvalue weighted by atomic mass is 10.0. The van der Waals surface area contributed by atoms with Gasteiger partial charge in [0.15, 0.2) is 0 Å². The van der Waals surface area contributed by atoms with E-state index in [1.165, 1.54) is 36.4 Å². The Balaban J connectivity index is 1.56. The molecule has 0 saturated carbocycles. The van der Waals surface area contributed by atoms with Crippen LogP contribution in [0.1, 0.15) is 10.4 Å². The van der Waals surface area contributed by atoms with Crippen molar-refractivity contribution < 1.29 is 13.4 Å². The van der Waals surface area contributed by atoms with Gasteiger partial charge < -0.3 is 15.6 Å². The molecule has 0 bridgehead atoms. The van der Waals surface area contributed by atoms with Crippen molar-refractivity contribution in [2.45, 2.75) is 9.92 Å². The lowest BCUT2D eigenvalue weighted by Crippen LogP contribution is -2.13. The van der Waals surface area contributed by atoms with E-state index in [1.807, 2.05) is 0 Å². The molecule has 0 saturated heterocycles. The molecular weight excluding hydrogens is 427 g/mol. The van der Waals surface area contributed by atoms with Crippen LogP contribution in [-0.2, 0) is 16.8 Å². The fourth-order valence-corrected chi connectivity index (χ4v) is 4.84. The molecule has 4 rings (SSSR count). The minimum absolute atomic E-state index is 0.314. The van der Waals surface area contributed by atoms with Crippen LogP contribution in [0.5, 0.6) is 0 Å². The number of nitrogens with zero attached hydrogens (tertiary/aromatic N) is 1. The number of amides is 1. The zero-order valence-electron chi connectivity index (χ0n) is 17.2. The highest BCUT2D eigenvalue weighted by Crippen LogP contribution is 2.28. The molecule has 1 unspecified atom stereocenters. The van der Waals surface area contributed by atoms with Crippen molar-refractivity contribution in [1.82, 2.24) is 4.57 Å². The quantitative estimate of drug-likeness (QED) is 0.369. The summed E-state index contributed by atoms with van der Waals surface area (Å²) in [6.45, 7) is 0. The second-order valence-corrected chi connectivity index (χ2v) is 9.30. The molecule has 1 aromatic heterocycles. The van der Waals surface area contributed by atoms with Crippen LogP contribution in [0.4, 0.5) is 15.8 Å². The van der Waals surface area contributed by atoms with E-state index in [2.05, 4.69) is 5.32 Å². The number of benzene rings is 3. The van der Waals surface area contributed by atoms with Crippen LogP contribution in [0.2, 0.25) is 0 Å². The average Bonchev–Trinajstić information content (AvgIpc) is 3.23. The Bertz CT molecular complexity index is 1390. The average molecular weight is 449 g/mol. The van der Waals surface area contributed by atoms with Crippen molar-refractivity contribution in [1.29, 1.82) is 4.78 Å². The summed E-state index contributed by atoms with van der Waals surface area (Å²) in [6, 6.07) is 20.7. The molecule has 4 aromatic rings. The summed E-state index contributed by atoms with van der Waals surface area (Å²) in [6.07, 6.45) is 1.73. The SMILES string of the molecule is Cn1cccc1S(=N)(=O)c1ccc(C(=O)Nc2cc(-c3ccc(F)cc3)ccc2N)cc1. The van der Waals surface area contributed by atoms with Crippen molar-refractivity contribution in [2.24, 2.45) is 7.05 Å². The van der Waals surface area contributed by atoms with E-state index in [4.69, 9.17) is 10.5 Å². The number of hydrogen-bond acceptors (Lipinski definition) is 4. The smallest absolute Gasteiger partial charge is 0.255 e. The highest BCUT2D eigenvalue weighted by molar-refractivity contribution is 7.92. The number of halogens is 1. The van der Waals surface area contributed by atoms with E-state index >= 15 is 0 Å². The fraction of sp³-hybridized carbons (Fsp3) is 0.0417. The second kappa shape index (κ2) is 8.32. The minimum Gasteiger partial charge on any atom is -0.397 e. The van der Waals surface area contributed by atoms with Gasteiger partial charge in [0, 0.05) is 18.8 Å². The summed E-state index contributed by atoms with van der Waals surface area (Å²) in [5, 5.41) is 3.17. The van der Waals surface area contributed by atoms with Gasteiger partial charge in [0.1, 0.15) is 20.6 Å². The molecule has 3 aromatic carbocycles. The standard InChI is InChI=1S/C24H21FN4O2S/c1-29-14-2-3-23(29)32(27,31)20-11-6-17(7-12-20)24(30)28-22-15-18(8-13-21(22)26)16-4-9-19(25)10-5-16/h2-15,27H,26H2,1H3,(H,28,30). The first-order chi connectivity index (χ1) is 15.3. The van der Waals surface area contributed by atoms with Crippen LogP contribution in [0.25, 0.3) is 11.1 Å². The molecule has 0 aliphatic rings. The first kappa shape index (κ1) is 21.3. The lowest BCUT2D eigenvalue weighted by Gasteiger charge is -2.12. The molecule has 32 heavy (non-hydrogen) atoms. The van der Waals surface area contributed by atoms with Gasteiger partial charge in [-0.2, -0.15) is 0 Å². The molecule has 1 amide bonds. The van der Waals surface area contributed by atoms with Crippen LogP contribution in [-0.4, -0.2) is 14.7 Å². The zero-order chi connectivity index (χ0) is 22.9. The number of carbonyl (C=O) groups excluding carboxylic acids is 1. The number of nitrogens with one attached hydrogen (secondary N) is 2. The maximum atomic E-state index is 13.2. The summed E-state index contributed by atoms with van der Waals surface area (Å²) >= 11 is 0. The first-order valence-corrected chi connectivity index (χ1v) is 11.3. The number of nitrogens with two attached hydrogens (primary N) is 1. The third-order valence-electron chi connectivity index (χ3n) is 5.12. The molecule has 8 heteroatoms. The number of anilines is 2. The lowest BCUT2D eigenvalue weighted by molar-refractivity contribution is 0.102. The predicted octanol–water partition coefficient (Wildman–Crippen LogP) is 5.13. The van der Waals surface area contributed by atoms with Gasteiger partial charge in [0.25, 0.3) is 5.91 Å². The van der Waals surface area contributed by atoms with Gasteiger partial charge >= 0.3 is 0 Å². The van der Waals surface area contributed by atoms with E-state index in [0.717, 1.165) is 11.1 Å². The molecule has 0 aliphatic heterocycles. The minimum atomic E-state index is -3.19. The first-order valence-electron chi connectivity index (χ1n) is 9.73. The molecule has 0 spiro atoms. The summed E-state index contributed by atoms with van der Waals surface area (Å²) in [5.74, 6) is -0.722. The predicted molar refractivity (Wildman–Crippen MR) is 123 cm³/mol. The van der Waals surface area contributed by atoms with Crippen LogP contribution < -0.4 is 11.1 Å². The Morgan fingerprint density at radius 1 is 1.00 bits per heavy atom. The maximum absolute atomic E-state index is 13.2. The van der Waals surface area contributed by atoms with E-state index in [1.54, 1.807) is 60.3 Å². The van der Waals surface area contributed by atoms with Crippen molar-refractivity contribution in [3.63, 3.8) is 0 Å². The van der Waals surface area contributed by atoms with Gasteiger partial charge in [0.05, 0.1) is 16.3 Å². The van der Waals surface area contributed by atoms with Crippen LogP contribution in [0.3, 0.4) is 0 Å². The van der Waals surface area contributed by atoms with Gasteiger partial charge in [-0.15, -0.1) is 0 Å². The van der Waals surface area contributed by atoms with Crippen molar-refractivity contribution >= 4 is 27.0 Å². The van der Waals surface area contributed by atoms with E-state index in [9.17, 15) is 13.4 Å². The largest absolute Gasteiger partial charge is 0.397 e. The Labute approximate surface area is 185 Å². The Hall–Kier alpha value is -3.91. The highest BCUT2D eigenvalue weighted by Gasteiger charge is 2.17. The van der Waals surface area contributed by atoms with Gasteiger partial charge in [-0.25, -0.2) is 13.4 Å². The number of carbonyl (C=O) groups is 1. The Morgan fingerprint density at radius 3 is 2.28 bits per heavy atom. The number of aryl methyl sites for hydroxylation is 1. The van der Waals surface area contributed by atoms with E-state index < -0.39 is 15.6 Å². The van der Waals surface area contributed by atoms with Gasteiger partial charge in [0.2, 0.25) is 0 Å². The third-order valence-corrected chi connectivity index (χ3v) is 7.07. The van der Waals surface area contributed by atoms with Crippen LogP contribution in [0.15, 0.2) is 95.0 Å². The van der Waals surface area contributed by atoms with Crippen LogP contribution in [0, 0.1) is 10.6 Å². The molecule has 0 aliphatic carbocycles. The van der Waals surface area contributed by atoms with Gasteiger partial charge in [-0.3, -0.25) is 4.79 Å². The van der Waals surface area contributed by atoms with Crippen molar-refractivity contribution in [3.8, 4) is 11.1 Å². The van der Waals surface area contributed by atoms with Gasteiger partial charge in [-0.1, -0.05) is 18.2 Å². The monoisotopic (exact) mass is 448 g/mol. The molecule has 6 nitrogen and oxygen atoms in total. The molecule has 0 fully saturated rings. The topological polar surface area (TPSA) is 101 Å². The number of aromatic nitrogens is 1. The van der Waals surface area contributed by atoms with Crippen LogP contribution >= 0.6 is 0 Å². The maximum Gasteiger partial charge on any atom is 0.255 e. The molecule has 1 atom stereocenters. The van der Waals surface area contributed by atoms with Gasteiger partial charge in [-0.05, 0) is 71.8 Å². The van der Waals surface area contributed by atoms with Crippen molar-refractivity contribution in [2.75, 3.05) is 11.1 Å². The zero-order valence-corrected chi connectivity index (χ0v) is 18.0. The second-order valence-electron chi connectivity index (χ2n) is 7.30. The molecular formula is C24H21FN4O2S. The van der Waals surface area contributed by atoms with E-state index in [0.29, 0.717) is 26.9 Å². The fourth-order valence-electron chi connectivity index (χ4n) is 3.34. The Kier molecular flexibility index (Phi) is 5.54. The van der Waals surface area contributed by atoms with Crippen molar-refractivity contribution in [3.05, 3.63) is 96.4 Å². The molecule has 1 heterocycles. The number of rotatable bonds is 5. The highest BCUT2D eigenvalue weighted by atomic mass is 32.2. The number of nitrogen functional groups attached to an aromatic ring is 1. The Morgan fingerprint density at radius 2 is 1.66 bits per heavy atom. The summed E-state index contributed by atoms with van der Waals surface area (Å²) in [4.78, 5) is 13.1. The summed E-state index contributed by atoms with van der Waals surface area (Å²) < 4.78 is 36.2. The number of hydrogen-bond donors (Lipinski definition) is 3. The normalized spacial score (nSPS) is 12.8. The third kappa shape index (κ3) is 4.13. The summed E-state index contributed by atoms with van der Waals surface area (Å²) in [7, 11) is -1.46. The summed E-state index contributed by atoms with van der Waals surface area (Å²) in [5.41, 5.74) is 8.74. The molecule has 162 valence electrons.